The van der Waals surface area contributed by atoms with Gasteiger partial charge in [0.25, 0.3) is 0 Å². The van der Waals surface area contributed by atoms with E-state index < -0.39 is 9.84 Å². The molecule has 0 aliphatic carbocycles. The molecule has 0 spiro atoms. The first kappa shape index (κ1) is 11.9. The molecule has 0 aliphatic heterocycles. The summed E-state index contributed by atoms with van der Waals surface area (Å²) in [4.78, 5) is 0. The molecule has 0 rings (SSSR count). The van der Waals surface area contributed by atoms with Crippen molar-refractivity contribution in [3.8, 4) is 0 Å². The zero-order valence-corrected chi connectivity index (χ0v) is 9.37. The second-order valence-electron chi connectivity index (χ2n) is 4.11. The van der Waals surface area contributed by atoms with E-state index in [1.165, 1.54) is 0 Å². The van der Waals surface area contributed by atoms with Crippen molar-refractivity contribution in [3.63, 3.8) is 0 Å². The molecule has 0 aromatic carbocycles. The molecular formula is C9H20O2S. The summed E-state index contributed by atoms with van der Waals surface area (Å²) in [7, 11) is -2.80. The lowest BCUT2D eigenvalue weighted by molar-refractivity contribution is 0.396. The molecule has 0 aliphatic rings. The lowest BCUT2D eigenvalue weighted by atomic mass is 9.93. The van der Waals surface area contributed by atoms with Gasteiger partial charge in [0.15, 0.2) is 9.84 Å². The van der Waals surface area contributed by atoms with Gasteiger partial charge in [-0.2, -0.15) is 0 Å². The summed E-state index contributed by atoms with van der Waals surface area (Å²) in [6.45, 7) is 7.93. The molecule has 0 aromatic rings. The molecular weight excluding hydrogens is 172 g/mol. The fraction of sp³-hybridized carbons (Fsp3) is 1.00. The first-order valence-corrected chi connectivity index (χ1v) is 6.35. The highest BCUT2D eigenvalue weighted by Gasteiger charge is 2.23. The topological polar surface area (TPSA) is 34.1 Å². The van der Waals surface area contributed by atoms with Crippen LogP contribution in [0, 0.1) is 5.41 Å². The Balaban J connectivity index is 4.25. The summed E-state index contributed by atoms with van der Waals surface area (Å²) < 4.78 is 22.8. The van der Waals surface area contributed by atoms with Crippen molar-refractivity contribution in [2.45, 2.75) is 40.5 Å². The Hall–Kier alpha value is -0.0500. The molecule has 3 heteroatoms. The monoisotopic (exact) mass is 192 g/mol. The zero-order valence-electron chi connectivity index (χ0n) is 8.55. The largest absolute Gasteiger partial charge is 0.229 e. The van der Waals surface area contributed by atoms with Gasteiger partial charge in [-0.1, -0.05) is 34.1 Å². The zero-order chi connectivity index (χ0) is 9.83. The van der Waals surface area contributed by atoms with Gasteiger partial charge in [0.05, 0.1) is 5.75 Å². The van der Waals surface area contributed by atoms with Gasteiger partial charge < -0.3 is 0 Å². The van der Waals surface area contributed by atoms with Crippen LogP contribution in [-0.2, 0) is 9.84 Å². The van der Waals surface area contributed by atoms with E-state index in [9.17, 15) is 8.42 Å². The molecule has 0 amide bonds. The summed E-state index contributed by atoms with van der Waals surface area (Å²) in [5, 5.41) is 0. The molecule has 0 N–H and O–H groups in total. The Morgan fingerprint density at radius 2 is 1.67 bits per heavy atom. The Morgan fingerprint density at radius 1 is 1.17 bits per heavy atom. The third-order valence-corrected chi connectivity index (χ3v) is 4.33. The number of hydrogen-bond acceptors (Lipinski definition) is 2. The van der Waals surface area contributed by atoms with Gasteiger partial charge in [0.2, 0.25) is 0 Å². The van der Waals surface area contributed by atoms with Gasteiger partial charge in [-0.25, -0.2) is 8.42 Å². The standard InChI is InChI=1S/C9H20O2S/c1-5-7-12(10,11)8-9(3,4)6-2/h5-8H2,1-4H3. The van der Waals surface area contributed by atoms with Crippen LogP contribution in [0.3, 0.4) is 0 Å². The van der Waals surface area contributed by atoms with E-state index in [0.29, 0.717) is 11.5 Å². The smallest absolute Gasteiger partial charge is 0.150 e. The molecule has 0 radical (unpaired) electrons. The van der Waals surface area contributed by atoms with Crippen molar-refractivity contribution in [3.05, 3.63) is 0 Å². The van der Waals surface area contributed by atoms with Crippen LogP contribution in [-0.4, -0.2) is 19.9 Å². The molecule has 0 unspecified atom stereocenters. The van der Waals surface area contributed by atoms with E-state index in [1.54, 1.807) is 0 Å². The maximum Gasteiger partial charge on any atom is 0.150 e. The highest BCUT2D eigenvalue weighted by atomic mass is 32.2. The lowest BCUT2D eigenvalue weighted by Crippen LogP contribution is -2.24. The maximum absolute atomic E-state index is 11.4. The van der Waals surface area contributed by atoms with Gasteiger partial charge in [-0.15, -0.1) is 0 Å². The predicted octanol–water partition coefficient (Wildman–Crippen LogP) is 2.25. The third-order valence-electron chi connectivity index (χ3n) is 2.08. The van der Waals surface area contributed by atoms with Gasteiger partial charge in [0.1, 0.15) is 0 Å². The number of rotatable bonds is 5. The molecule has 2 nitrogen and oxygen atoms in total. The number of sulfone groups is 1. The summed E-state index contributed by atoms with van der Waals surface area (Å²) in [6, 6.07) is 0. The second kappa shape index (κ2) is 4.26. The van der Waals surface area contributed by atoms with Crippen LogP contribution in [0.25, 0.3) is 0 Å². The SMILES string of the molecule is CCCS(=O)(=O)CC(C)(C)CC. The maximum atomic E-state index is 11.4. The van der Waals surface area contributed by atoms with E-state index >= 15 is 0 Å². The average molecular weight is 192 g/mol. The van der Waals surface area contributed by atoms with Crippen LogP contribution in [0.4, 0.5) is 0 Å². The highest BCUT2D eigenvalue weighted by Crippen LogP contribution is 2.22. The van der Waals surface area contributed by atoms with E-state index in [0.717, 1.165) is 12.8 Å². The van der Waals surface area contributed by atoms with Crippen molar-refractivity contribution in [1.82, 2.24) is 0 Å². The van der Waals surface area contributed by atoms with Crippen molar-refractivity contribution >= 4 is 9.84 Å². The fourth-order valence-corrected chi connectivity index (χ4v) is 3.24. The minimum Gasteiger partial charge on any atom is -0.229 e. The molecule has 0 saturated carbocycles. The van der Waals surface area contributed by atoms with Gasteiger partial charge in [-0.3, -0.25) is 0 Å². The third kappa shape index (κ3) is 4.75. The van der Waals surface area contributed by atoms with Gasteiger partial charge in [0, 0.05) is 5.75 Å². The summed E-state index contributed by atoms with van der Waals surface area (Å²) in [5.41, 5.74) is -0.0615. The first-order valence-electron chi connectivity index (χ1n) is 4.53. The van der Waals surface area contributed by atoms with Crippen molar-refractivity contribution in [2.24, 2.45) is 5.41 Å². The minimum atomic E-state index is -2.80. The molecule has 0 saturated heterocycles. The van der Waals surface area contributed by atoms with Crippen LogP contribution < -0.4 is 0 Å². The molecule has 12 heavy (non-hydrogen) atoms. The fourth-order valence-electron chi connectivity index (χ4n) is 1.08. The van der Waals surface area contributed by atoms with Gasteiger partial charge in [-0.05, 0) is 11.8 Å². The lowest BCUT2D eigenvalue weighted by Gasteiger charge is -2.21. The Labute approximate surface area is 76.3 Å². The van der Waals surface area contributed by atoms with Crippen LogP contribution >= 0.6 is 0 Å². The van der Waals surface area contributed by atoms with Crippen LogP contribution in [0.2, 0.25) is 0 Å². The van der Waals surface area contributed by atoms with Crippen molar-refractivity contribution < 1.29 is 8.42 Å². The normalized spacial score (nSPS) is 13.3. The first-order chi connectivity index (χ1) is 5.33. The van der Waals surface area contributed by atoms with E-state index in [-0.39, 0.29) is 5.41 Å². The average Bonchev–Trinajstić information content (AvgIpc) is 1.85. The Bertz CT molecular complexity index is 215. The Morgan fingerprint density at radius 3 is 2.00 bits per heavy atom. The summed E-state index contributed by atoms with van der Waals surface area (Å²) >= 11 is 0. The molecule has 0 aromatic heterocycles. The van der Waals surface area contributed by atoms with E-state index in [4.69, 9.17) is 0 Å². The van der Waals surface area contributed by atoms with Crippen LogP contribution in [0.15, 0.2) is 0 Å². The highest BCUT2D eigenvalue weighted by molar-refractivity contribution is 7.91. The molecule has 0 fully saturated rings. The molecule has 0 atom stereocenters. The quantitative estimate of drug-likeness (QED) is 0.669. The van der Waals surface area contributed by atoms with E-state index in [1.807, 2.05) is 27.7 Å². The summed E-state index contributed by atoms with van der Waals surface area (Å²) in [5.74, 6) is 0.654. The molecule has 74 valence electrons. The minimum absolute atomic E-state index is 0.0615. The van der Waals surface area contributed by atoms with Crippen molar-refractivity contribution in [1.29, 1.82) is 0 Å². The predicted molar refractivity (Wildman–Crippen MR) is 53.0 cm³/mol. The molecule has 0 bridgehead atoms. The Kier molecular flexibility index (Phi) is 4.24. The van der Waals surface area contributed by atoms with Crippen LogP contribution in [0.1, 0.15) is 40.5 Å². The van der Waals surface area contributed by atoms with Gasteiger partial charge >= 0.3 is 0 Å². The summed E-state index contributed by atoms with van der Waals surface area (Å²) in [6.07, 6.45) is 1.64. The van der Waals surface area contributed by atoms with Crippen molar-refractivity contribution in [2.75, 3.05) is 11.5 Å². The second-order valence-corrected chi connectivity index (χ2v) is 6.29. The van der Waals surface area contributed by atoms with E-state index in [2.05, 4.69) is 0 Å². The number of hydrogen-bond donors (Lipinski definition) is 0. The molecule has 0 heterocycles. The van der Waals surface area contributed by atoms with Crippen LogP contribution in [0.5, 0.6) is 0 Å².